The Balaban J connectivity index is 0.00000225. The molecule has 156 valence electrons. The van der Waals surface area contributed by atoms with Crippen LogP contribution in [0.2, 0.25) is 0 Å². The fourth-order valence-corrected chi connectivity index (χ4v) is 4.39. The van der Waals surface area contributed by atoms with Gasteiger partial charge in [-0.15, -0.1) is 17.5 Å². The third-order valence-corrected chi connectivity index (χ3v) is 6.26. The molecule has 3 heterocycles. The molecule has 0 atom stereocenters. The van der Waals surface area contributed by atoms with Gasteiger partial charge in [-0.2, -0.15) is 0 Å². The summed E-state index contributed by atoms with van der Waals surface area (Å²) in [5.74, 6) is -0.0664. The first kappa shape index (κ1) is 21.0. The van der Waals surface area contributed by atoms with Gasteiger partial charge in [-0.3, -0.25) is 9.59 Å². The SMILES string of the molecule is CN1CC2(CCN(C(=O)c3cn(C4CCC(N)CC4)nn3)CC2)OCC1=O.Cl. The third kappa shape index (κ3) is 4.16. The summed E-state index contributed by atoms with van der Waals surface area (Å²) in [7, 11) is 1.81. The fraction of sp³-hybridized carbons (Fsp3) is 0.778. The van der Waals surface area contributed by atoms with Crippen molar-refractivity contribution in [3.05, 3.63) is 11.9 Å². The minimum absolute atomic E-state index is 0. The molecule has 9 nitrogen and oxygen atoms in total. The molecule has 10 heteroatoms. The normalized spacial score (nSPS) is 27.6. The Morgan fingerprint density at radius 1 is 1.25 bits per heavy atom. The molecule has 1 aromatic heterocycles. The van der Waals surface area contributed by atoms with Gasteiger partial charge in [0.1, 0.15) is 6.61 Å². The summed E-state index contributed by atoms with van der Waals surface area (Å²) in [6.45, 7) is 1.93. The molecule has 1 saturated carbocycles. The van der Waals surface area contributed by atoms with Crippen LogP contribution in [0.15, 0.2) is 6.20 Å². The van der Waals surface area contributed by atoms with Gasteiger partial charge in [-0.05, 0) is 38.5 Å². The Kier molecular flexibility index (Phi) is 6.26. The van der Waals surface area contributed by atoms with Gasteiger partial charge in [0.15, 0.2) is 5.69 Å². The van der Waals surface area contributed by atoms with Crippen LogP contribution in [0.4, 0.5) is 0 Å². The number of carbonyl (C=O) groups is 2. The van der Waals surface area contributed by atoms with Crippen molar-refractivity contribution in [2.75, 3.05) is 33.3 Å². The van der Waals surface area contributed by atoms with Gasteiger partial charge in [-0.1, -0.05) is 5.21 Å². The van der Waals surface area contributed by atoms with Crippen molar-refractivity contribution in [1.29, 1.82) is 0 Å². The highest BCUT2D eigenvalue weighted by Crippen LogP contribution is 2.31. The zero-order chi connectivity index (χ0) is 19.0. The third-order valence-electron chi connectivity index (χ3n) is 6.26. The van der Waals surface area contributed by atoms with E-state index in [9.17, 15) is 9.59 Å². The molecule has 3 aliphatic rings. The van der Waals surface area contributed by atoms with Crippen molar-refractivity contribution >= 4 is 24.2 Å². The van der Waals surface area contributed by atoms with Crippen LogP contribution in [-0.2, 0) is 9.53 Å². The zero-order valence-electron chi connectivity index (χ0n) is 16.2. The van der Waals surface area contributed by atoms with Gasteiger partial charge in [-0.25, -0.2) is 4.68 Å². The maximum Gasteiger partial charge on any atom is 0.276 e. The Morgan fingerprint density at radius 2 is 1.93 bits per heavy atom. The van der Waals surface area contributed by atoms with Gasteiger partial charge >= 0.3 is 0 Å². The maximum atomic E-state index is 12.8. The monoisotopic (exact) mass is 412 g/mol. The second-order valence-electron chi connectivity index (χ2n) is 8.17. The molecule has 0 bridgehead atoms. The van der Waals surface area contributed by atoms with Gasteiger partial charge < -0.3 is 20.3 Å². The van der Waals surface area contributed by atoms with E-state index in [2.05, 4.69) is 10.3 Å². The standard InChI is InChI=1S/C18H28N6O3.ClH/c1-22-12-18(27-11-16(22)25)6-8-23(9-7-18)17(26)15-10-24(21-20-15)14-4-2-13(19)3-5-14;/h10,13-14H,2-9,11-12,19H2,1H3;1H. The topological polar surface area (TPSA) is 107 Å². The minimum Gasteiger partial charge on any atom is -0.363 e. The first-order valence-electron chi connectivity index (χ1n) is 9.80. The molecule has 0 radical (unpaired) electrons. The lowest BCUT2D eigenvalue weighted by molar-refractivity contribution is -0.167. The van der Waals surface area contributed by atoms with Crippen molar-refractivity contribution in [3.63, 3.8) is 0 Å². The van der Waals surface area contributed by atoms with Crippen molar-refractivity contribution in [1.82, 2.24) is 24.8 Å². The zero-order valence-corrected chi connectivity index (χ0v) is 17.1. The average Bonchev–Trinajstić information content (AvgIpc) is 3.16. The molecular weight excluding hydrogens is 384 g/mol. The average molecular weight is 413 g/mol. The molecule has 28 heavy (non-hydrogen) atoms. The van der Waals surface area contributed by atoms with Crippen LogP contribution in [-0.4, -0.2) is 81.5 Å². The summed E-state index contributed by atoms with van der Waals surface area (Å²) in [6, 6.07) is 0.565. The molecular formula is C18H29ClN6O3. The highest BCUT2D eigenvalue weighted by Gasteiger charge is 2.42. The van der Waals surface area contributed by atoms with Gasteiger partial charge in [0.25, 0.3) is 5.91 Å². The van der Waals surface area contributed by atoms with Crippen LogP contribution in [0.25, 0.3) is 0 Å². The number of likely N-dealkylation sites (tertiary alicyclic amines) is 1. The van der Waals surface area contributed by atoms with Crippen LogP contribution >= 0.6 is 12.4 Å². The number of carbonyl (C=O) groups excluding carboxylic acids is 2. The summed E-state index contributed by atoms with van der Waals surface area (Å²) < 4.78 is 7.67. The number of rotatable bonds is 2. The Labute approximate surface area is 170 Å². The number of ether oxygens (including phenoxy) is 1. The lowest BCUT2D eigenvalue weighted by Crippen LogP contribution is -2.58. The summed E-state index contributed by atoms with van der Waals surface area (Å²) in [5.41, 5.74) is 6.04. The molecule has 2 amide bonds. The predicted octanol–water partition coefficient (Wildman–Crippen LogP) is 0.606. The number of morpholine rings is 1. The molecule has 3 fully saturated rings. The highest BCUT2D eigenvalue weighted by molar-refractivity contribution is 5.92. The Morgan fingerprint density at radius 3 is 2.57 bits per heavy atom. The predicted molar refractivity (Wildman–Crippen MR) is 104 cm³/mol. The first-order chi connectivity index (χ1) is 13.0. The molecule has 0 unspecified atom stereocenters. The number of nitrogens with zero attached hydrogens (tertiary/aromatic N) is 5. The van der Waals surface area contributed by atoms with Crippen molar-refractivity contribution in [2.24, 2.45) is 5.73 Å². The van der Waals surface area contributed by atoms with E-state index in [-0.39, 0.29) is 48.5 Å². The second kappa shape index (κ2) is 8.34. The molecule has 2 N–H and O–H groups in total. The smallest absolute Gasteiger partial charge is 0.276 e. The minimum atomic E-state index is -0.322. The number of amides is 2. The number of hydrogen-bond donors (Lipinski definition) is 1. The van der Waals surface area contributed by atoms with E-state index in [0.717, 1.165) is 38.5 Å². The second-order valence-corrected chi connectivity index (χ2v) is 8.17. The number of nitrogens with two attached hydrogens (primary N) is 1. The molecule has 0 aromatic carbocycles. The summed E-state index contributed by atoms with van der Waals surface area (Å²) in [5, 5.41) is 8.31. The molecule has 2 saturated heterocycles. The van der Waals surface area contributed by atoms with Crippen molar-refractivity contribution in [3.8, 4) is 0 Å². The molecule has 1 spiro atoms. The first-order valence-corrected chi connectivity index (χ1v) is 9.80. The largest absolute Gasteiger partial charge is 0.363 e. The van der Waals surface area contributed by atoms with Crippen molar-refractivity contribution < 1.29 is 14.3 Å². The number of hydrogen-bond acceptors (Lipinski definition) is 6. The lowest BCUT2D eigenvalue weighted by Gasteiger charge is -2.46. The van der Waals surface area contributed by atoms with Gasteiger partial charge in [0.2, 0.25) is 5.91 Å². The van der Waals surface area contributed by atoms with E-state index < -0.39 is 0 Å². The van der Waals surface area contributed by atoms with E-state index in [0.29, 0.717) is 25.3 Å². The number of aromatic nitrogens is 3. The van der Waals surface area contributed by atoms with Gasteiger partial charge in [0, 0.05) is 32.7 Å². The van der Waals surface area contributed by atoms with E-state index >= 15 is 0 Å². The Bertz CT molecular complexity index is 710. The number of likely N-dealkylation sites (N-methyl/N-ethyl adjacent to an activating group) is 1. The molecule has 2 aliphatic heterocycles. The van der Waals surface area contributed by atoms with E-state index in [1.165, 1.54) is 0 Å². The van der Waals surface area contributed by atoms with Crippen LogP contribution in [0.1, 0.15) is 55.1 Å². The summed E-state index contributed by atoms with van der Waals surface area (Å²) in [4.78, 5) is 28.0. The number of piperidine rings is 1. The highest BCUT2D eigenvalue weighted by atomic mass is 35.5. The maximum absolute atomic E-state index is 12.8. The van der Waals surface area contributed by atoms with Crippen LogP contribution in [0, 0.1) is 0 Å². The Hall–Kier alpha value is -1.71. The van der Waals surface area contributed by atoms with Crippen LogP contribution in [0.3, 0.4) is 0 Å². The van der Waals surface area contributed by atoms with E-state index in [1.54, 1.807) is 18.1 Å². The van der Waals surface area contributed by atoms with Crippen LogP contribution < -0.4 is 5.73 Å². The molecule has 1 aromatic rings. The number of halogens is 1. The van der Waals surface area contributed by atoms with Gasteiger partial charge in [0.05, 0.1) is 17.8 Å². The summed E-state index contributed by atoms with van der Waals surface area (Å²) >= 11 is 0. The fourth-order valence-electron chi connectivity index (χ4n) is 4.39. The molecule has 4 rings (SSSR count). The lowest BCUT2D eigenvalue weighted by atomic mass is 9.89. The van der Waals surface area contributed by atoms with E-state index in [1.807, 2.05) is 9.58 Å². The quantitative estimate of drug-likeness (QED) is 0.762. The molecule has 1 aliphatic carbocycles. The summed E-state index contributed by atoms with van der Waals surface area (Å²) in [6.07, 6.45) is 7.16. The van der Waals surface area contributed by atoms with Crippen LogP contribution in [0.5, 0.6) is 0 Å². The van der Waals surface area contributed by atoms with E-state index in [4.69, 9.17) is 10.5 Å². The van der Waals surface area contributed by atoms with Crippen molar-refractivity contribution in [2.45, 2.75) is 56.2 Å².